The van der Waals surface area contributed by atoms with Gasteiger partial charge in [-0.3, -0.25) is 9.78 Å². The van der Waals surface area contributed by atoms with E-state index in [0.717, 1.165) is 0 Å². The zero-order chi connectivity index (χ0) is 17.8. The molecule has 3 aromatic rings. The number of methoxy groups -OCH3 is 1. The van der Waals surface area contributed by atoms with Crippen LogP contribution in [0, 0.1) is 6.92 Å². The summed E-state index contributed by atoms with van der Waals surface area (Å²) >= 11 is 0. The molecular weight excluding hydrogens is 322 g/mol. The fraction of sp³-hybridized carbons (Fsp3) is 0.118. The minimum atomic E-state index is -0.371. The second-order valence-corrected chi connectivity index (χ2v) is 5.14. The van der Waals surface area contributed by atoms with E-state index in [2.05, 4.69) is 20.3 Å². The van der Waals surface area contributed by atoms with Crippen LogP contribution in [0.4, 0.5) is 0 Å². The molecule has 0 spiro atoms. The Balaban J connectivity index is 2.08. The van der Waals surface area contributed by atoms with E-state index in [1.165, 1.54) is 24.1 Å². The summed E-state index contributed by atoms with van der Waals surface area (Å²) in [6.07, 6.45) is 4.68. The molecule has 0 radical (unpaired) electrons. The van der Waals surface area contributed by atoms with Crippen molar-refractivity contribution >= 4 is 6.21 Å². The summed E-state index contributed by atoms with van der Waals surface area (Å²) in [6, 6.07) is 8.18. The minimum Gasteiger partial charge on any atom is -0.504 e. The average Bonchev–Trinajstić information content (AvgIpc) is 2.64. The largest absolute Gasteiger partial charge is 0.504 e. The molecule has 0 atom stereocenters. The van der Waals surface area contributed by atoms with Crippen molar-refractivity contribution in [3.05, 3.63) is 64.3 Å². The Bertz CT molecular complexity index is 983. The van der Waals surface area contributed by atoms with Crippen LogP contribution < -0.4 is 10.3 Å². The Morgan fingerprint density at radius 2 is 1.96 bits per heavy atom. The van der Waals surface area contributed by atoms with Gasteiger partial charge in [-0.2, -0.15) is 9.78 Å². The highest BCUT2D eigenvalue weighted by molar-refractivity contribution is 5.81. The number of nitrogens with zero attached hydrogens (tertiary/aromatic N) is 5. The van der Waals surface area contributed by atoms with E-state index >= 15 is 0 Å². The summed E-state index contributed by atoms with van der Waals surface area (Å²) in [5.41, 5.74) is 1.18. The number of ether oxygens (including phenoxy) is 1. The highest BCUT2D eigenvalue weighted by Gasteiger charge is 2.11. The summed E-state index contributed by atoms with van der Waals surface area (Å²) in [7, 11) is 1.46. The van der Waals surface area contributed by atoms with Crippen molar-refractivity contribution in [2.75, 3.05) is 7.11 Å². The monoisotopic (exact) mass is 337 g/mol. The Morgan fingerprint density at radius 1 is 1.20 bits per heavy atom. The number of aromatic nitrogens is 4. The van der Waals surface area contributed by atoms with Gasteiger partial charge >= 0.3 is 0 Å². The van der Waals surface area contributed by atoms with E-state index in [0.29, 0.717) is 22.7 Å². The van der Waals surface area contributed by atoms with Gasteiger partial charge in [0.2, 0.25) is 0 Å². The minimum absolute atomic E-state index is 0.0238. The first-order valence-electron chi connectivity index (χ1n) is 7.38. The summed E-state index contributed by atoms with van der Waals surface area (Å²) in [6.45, 7) is 1.57. The lowest BCUT2D eigenvalue weighted by molar-refractivity contribution is 0.373. The van der Waals surface area contributed by atoms with Crippen molar-refractivity contribution in [3.63, 3.8) is 0 Å². The number of aromatic hydroxyl groups is 1. The van der Waals surface area contributed by atoms with Gasteiger partial charge in [0, 0.05) is 18.0 Å². The van der Waals surface area contributed by atoms with Crippen molar-refractivity contribution in [3.8, 4) is 22.9 Å². The Kier molecular flexibility index (Phi) is 4.51. The van der Waals surface area contributed by atoms with E-state index in [9.17, 15) is 9.90 Å². The molecule has 0 aliphatic carbocycles. The van der Waals surface area contributed by atoms with Gasteiger partial charge in [-0.15, -0.1) is 10.2 Å². The van der Waals surface area contributed by atoms with Gasteiger partial charge in [0.1, 0.15) is 5.69 Å². The number of aryl methyl sites for hydroxylation is 1. The highest BCUT2D eigenvalue weighted by Crippen LogP contribution is 2.25. The van der Waals surface area contributed by atoms with Gasteiger partial charge in [-0.25, -0.2) is 0 Å². The van der Waals surface area contributed by atoms with Crippen molar-refractivity contribution in [2.45, 2.75) is 6.92 Å². The molecule has 0 bridgehead atoms. The highest BCUT2D eigenvalue weighted by atomic mass is 16.5. The molecule has 1 N–H and O–H groups in total. The normalized spacial score (nSPS) is 11.0. The topological polar surface area (TPSA) is 102 Å². The molecule has 3 rings (SSSR count). The molecule has 2 heterocycles. The standard InChI is InChI=1S/C17H15N5O3/c1-11-17(24)22(16(21-20-11)13-5-7-18-8-6-13)19-10-12-3-4-14(23)15(9-12)25-2/h3-10,23H,1-2H3. The van der Waals surface area contributed by atoms with Crippen molar-refractivity contribution < 1.29 is 9.84 Å². The van der Waals surface area contributed by atoms with Crippen molar-refractivity contribution in [1.82, 2.24) is 19.9 Å². The lowest BCUT2D eigenvalue weighted by Gasteiger charge is -2.07. The second kappa shape index (κ2) is 6.91. The molecule has 0 unspecified atom stereocenters. The predicted octanol–water partition coefficient (Wildman–Crippen LogP) is 1.61. The van der Waals surface area contributed by atoms with Crippen molar-refractivity contribution in [2.24, 2.45) is 5.10 Å². The van der Waals surface area contributed by atoms with Crippen LogP contribution in [0.5, 0.6) is 11.5 Å². The smallest absolute Gasteiger partial charge is 0.296 e. The molecule has 0 amide bonds. The van der Waals surface area contributed by atoms with Crippen LogP contribution in [-0.2, 0) is 0 Å². The molecule has 2 aromatic heterocycles. The molecule has 0 aliphatic heterocycles. The molecular formula is C17H15N5O3. The third kappa shape index (κ3) is 3.37. The van der Waals surface area contributed by atoms with Gasteiger partial charge in [0.25, 0.3) is 5.56 Å². The van der Waals surface area contributed by atoms with Gasteiger partial charge in [0.05, 0.1) is 13.3 Å². The second-order valence-electron chi connectivity index (χ2n) is 5.14. The fourth-order valence-electron chi connectivity index (χ4n) is 2.14. The third-order valence-corrected chi connectivity index (χ3v) is 3.46. The number of phenols is 1. The Labute approximate surface area is 143 Å². The first kappa shape index (κ1) is 16.3. The quantitative estimate of drug-likeness (QED) is 0.726. The predicted molar refractivity (Wildman–Crippen MR) is 91.9 cm³/mol. The van der Waals surface area contributed by atoms with E-state index < -0.39 is 0 Å². The van der Waals surface area contributed by atoms with Crippen LogP contribution in [-0.4, -0.2) is 38.3 Å². The molecule has 0 fully saturated rings. The summed E-state index contributed by atoms with van der Waals surface area (Å²) in [4.78, 5) is 16.4. The van der Waals surface area contributed by atoms with E-state index in [-0.39, 0.29) is 17.0 Å². The lowest BCUT2D eigenvalue weighted by atomic mass is 10.2. The number of phenolic OH excluding ortho intramolecular Hbond substituents is 1. The van der Waals surface area contributed by atoms with E-state index in [1.54, 1.807) is 43.6 Å². The first-order valence-corrected chi connectivity index (χ1v) is 7.38. The maximum absolute atomic E-state index is 12.4. The zero-order valence-electron chi connectivity index (χ0n) is 13.6. The molecule has 1 aromatic carbocycles. The zero-order valence-corrected chi connectivity index (χ0v) is 13.6. The van der Waals surface area contributed by atoms with Crippen LogP contribution in [0.2, 0.25) is 0 Å². The number of pyridine rings is 1. The molecule has 126 valence electrons. The van der Waals surface area contributed by atoms with E-state index in [1.807, 2.05) is 0 Å². The maximum atomic E-state index is 12.4. The Morgan fingerprint density at radius 3 is 2.68 bits per heavy atom. The number of benzene rings is 1. The molecule has 0 aliphatic rings. The number of hydrogen-bond acceptors (Lipinski definition) is 7. The van der Waals surface area contributed by atoms with Crippen LogP contribution in [0.3, 0.4) is 0 Å². The fourth-order valence-corrected chi connectivity index (χ4v) is 2.14. The molecule has 25 heavy (non-hydrogen) atoms. The molecule has 8 nitrogen and oxygen atoms in total. The molecule has 0 saturated carbocycles. The van der Waals surface area contributed by atoms with Crippen LogP contribution >= 0.6 is 0 Å². The van der Waals surface area contributed by atoms with Gasteiger partial charge < -0.3 is 9.84 Å². The molecule has 0 saturated heterocycles. The maximum Gasteiger partial charge on any atom is 0.296 e. The Hall–Kier alpha value is -3.55. The summed E-state index contributed by atoms with van der Waals surface area (Å²) < 4.78 is 6.24. The van der Waals surface area contributed by atoms with Crippen LogP contribution in [0.25, 0.3) is 11.4 Å². The number of hydrogen-bond donors (Lipinski definition) is 1. The van der Waals surface area contributed by atoms with Crippen LogP contribution in [0.1, 0.15) is 11.3 Å². The van der Waals surface area contributed by atoms with Crippen molar-refractivity contribution in [1.29, 1.82) is 0 Å². The van der Waals surface area contributed by atoms with Gasteiger partial charge in [0.15, 0.2) is 17.3 Å². The first-order chi connectivity index (χ1) is 12.1. The third-order valence-electron chi connectivity index (χ3n) is 3.46. The molecule has 8 heteroatoms. The SMILES string of the molecule is COc1cc(C=Nn2c(-c3ccncc3)nnc(C)c2=O)ccc1O. The van der Waals surface area contributed by atoms with Crippen LogP contribution in [0.15, 0.2) is 52.6 Å². The summed E-state index contributed by atoms with van der Waals surface area (Å²) in [5.74, 6) is 0.644. The van der Waals surface area contributed by atoms with E-state index in [4.69, 9.17) is 4.74 Å². The number of rotatable bonds is 4. The van der Waals surface area contributed by atoms with Gasteiger partial charge in [-0.1, -0.05) is 0 Å². The average molecular weight is 337 g/mol. The van der Waals surface area contributed by atoms with Gasteiger partial charge in [-0.05, 0) is 42.8 Å². The summed E-state index contributed by atoms with van der Waals surface area (Å²) in [5, 5.41) is 21.8. The lowest BCUT2D eigenvalue weighted by Crippen LogP contribution is -2.24.